The van der Waals surface area contributed by atoms with E-state index < -0.39 is 0 Å². The average molecular weight is 488 g/mol. The van der Waals surface area contributed by atoms with Gasteiger partial charge in [0.1, 0.15) is 0 Å². The number of hydrogen-bond donors (Lipinski definition) is 1. The van der Waals surface area contributed by atoms with Crippen LogP contribution in [0.1, 0.15) is 45.7 Å². The summed E-state index contributed by atoms with van der Waals surface area (Å²) < 4.78 is 0. The molecule has 1 N–H and O–H groups in total. The number of benzene rings is 2. The van der Waals surface area contributed by atoms with Crippen molar-refractivity contribution in [2.75, 3.05) is 45.0 Å². The van der Waals surface area contributed by atoms with Gasteiger partial charge < -0.3 is 20.0 Å². The Bertz CT molecular complexity index is 1120. The molecule has 0 aliphatic heterocycles. The van der Waals surface area contributed by atoms with Crippen molar-refractivity contribution in [3.05, 3.63) is 77.6 Å². The van der Waals surface area contributed by atoms with Gasteiger partial charge in [0.25, 0.3) is 0 Å². The van der Waals surface area contributed by atoms with Gasteiger partial charge in [-0.25, -0.2) is 4.99 Å². The third kappa shape index (κ3) is 6.43. The van der Waals surface area contributed by atoms with Crippen LogP contribution in [0.25, 0.3) is 0 Å². The van der Waals surface area contributed by atoms with E-state index in [0.29, 0.717) is 17.8 Å². The number of hydrogen-bond acceptors (Lipinski definition) is 6. The number of carbonyl (C=O) groups is 1. The predicted octanol–water partition coefficient (Wildman–Crippen LogP) is 6.03. The molecule has 0 saturated carbocycles. The Morgan fingerprint density at radius 1 is 0.889 bits per heavy atom. The normalized spacial score (nSPS) is 15.7. The Morgan fingerprint density at radius 2 is 1.53 bits per heavy atom. The van der Waals surface area contributed by atoms with E-state index in [1.54, 1.807) is 6.08 Å². The molecule has 0 heterocycles. The van der Waals surface area contributed by atoms with Gasteiger partial charge in [0.15, 0.2) is 0 Å². The Morgan fingerprint density at radius 3 is 2.03 bits per heavy atom. The second-order valence-corrected chi connectivity index (χ2v) is 9.87. The highest BCUT2D eigenvalue weighted by Crippen LogP contribution is 2.26. The van der Waals surface area contributed by atoms with Crippen molar-refractivity contribution in [1.82, 2.24) is 9.80 Å². The van der Waals surface area contributed by atoms with Gasteiger partial charge in [-0.2, -0.15) is 0 Å². The number of ketones is 1. The maximum Gasteiger partial charge on any atom is 0.204 e. The zero-order chi connectivity index (χ0) is 26.4. The summed E-state index contributed by atoms with van der Waals surface area (Å²) in [5.74, 6) is -0.0627. The third-order valence-corrected chi connectivity index (χ3v) is 6.54. The quantitative estimate of drug-likeness (QED) is 0.415. The molecule has 0 saturated heterocycles. The molecular weight excluding hydrogens is 446 g/mol. The highest BCUT2D eigenvalue weighted by atomic mass is 16.1. The molecule has 3 rings (SSSR count). The fraction of sp³-hybridized carbons (Fsp3) is 0.400. The van der Waals surface area contributed by atoms with Crippen LogP contribution in [0.15, 0.2) is 77.1 Å². The number of carbonyl (C=O) groups excluding carboxylic acids is 1. The molecule has 6 nitrogen and oxygen atoms in total. The largest absolute Gasteiger partial charge is 0.376 e. The minimum atomic E-state index is -0.0627. The molecule has 2 aromatic rings. The Hall–Kier alpha value is -3.38. The van der Waals surface area contributed by atoms with Crippen LogP contribution in [-0.4, -0.2) is 62.1 Å². The molecule has 1 unspecified atom stereocenters. The Kier molecular flexibility index (Phi) is 9.10. The molecule has 1 aliphatic carbocycles. The molecule has 36 heavy (non-hydrogen) atoms. The molecule has 0 spiro atoms. The predicted molar refractivity (Wildman–Crippen MR) is 153 cm³/mol. The van der Waals surface area contributed by atoms with Crippen LogP contribution >= 0.6 is 0 Å². The summed E-state index contributed by atoms with van der Waals surface area (Å²) >= 11 is 0. The van der Waals surface area contributed by atoms with E-state index in [-0.39, 0.29) is 5.78 Å². The van der Waals surface area contributed by atoms with Gasteiger partial charge in [-0.1, -0.05) is 19.1 Å². The average Bonchev–Trinajstić information content (AvgIpc) is 2.83. The van der Waals surface area contributed by atoms with Gasteiger partial charge in [-0.15, -0.1) is 0 Å². The summed E-state index contributed by atoms with van der Waals surface area (Å²) in [6, 6.07) is 17.4. The van der Waals surface area contributed by atoms with E-state index in [4.69, 9.17) is 4.99 Å². The van der Waals surface area contributed by atoms with Crippen LogP contribution in [0.4, 0.5) is 17.1 Å². The molecule has 1 aliphatic rings. The van der Waals surface area contributed by atoms with Gasteiger partial charge in [-0.05, 0) is 89.3 Å². The van der Waals surface area contributed by atoms with Gasteiger partial charge in [0, 0.05) is 50.2 Å². The lowest BCUT2D eigenvalue weighted by molar-refractivity contribution is -0.111. The van der Waals surface area contributed by atoms with Gasteiger partial charge in [0.2, 0.25) is 5.78 Å². The lowest BCUT2D eigenvalue weighted by atomic mass is 10.0. The van der Waals surface area contributed by atoms with Crippen molar-refractivity contribution >= 4 is 28.6 Å². The zero-order valence-corrected chi connectivity index (χ0v) is 23.0. The molecule has 6 heteroatoms. The minimum Gasteiger partial charge on any atom is -0.376 e. The molecular formula is C30H41N5O. The lowest BCUT2D eigenvalue weighted by Gasteiger charge is -2.27. The molecule has 0 aromatic heterocycles. The number of nitrogens with one attached hydrogen (secondary N) is 1. The number of anilines is 2. The fourth-order valence-corrected chi connectivity index (χ4v) is 4.65. The van der Waals surface area contributed by atoms with Crippen LogP contribution in [0.5, 0.6) is 0 Å². The van der Waals surface area contributed by atoms with Crippen LogP contribution in [-0.2, 0) is 4.79 Å². The zero-order valence-electron chi connectivity index (χ0n) is 23.0. The first-order valence-corrected chi connectivity index (χ1v) is 12.8. The summed E-state index contributed by atoms with van der Waals surface area (Å²) in [6.45, 7) is 9.70. The van der Waals surface area contributed by atoms with Crippen LogP contribution in [0.3, 0.4) is 0 Å². The molecule has 192 valence electrons. The Labute approximate surface area is 217 Å². The summed E-state index contributed by atoms with van der Waals surface area (Å²) in [4.78, 5) is 24.3. The number of aliphatic imine (C=N–C) groups is 1. The van der Waals surface area contributed by atoms with E-state index in [2.05, 4.69) is 81.2 Å². The monoisotopic (exact) mass is 487 g/mol. The van der Waals surface area contributed by atoms with Crippen molar-refractivity contribution < 1.29 is 4.79 Å². The maximum atomic E-state index is 12.9. The Balaban J connectivity index is 1.88. The van der Waals surface area contributed by atoms with E-state index in [9.17, 15) is 4.79 Å². The molecule has 0 radical (unpaired) electrons. The van der Waals surface area contributed by atoms with Crippen molar-refractivity contribution in [2.45, 2.75) is 46.2 Å². The standard InChI is InChI=1S/C30H41N5O/c1-9-28(33(5)6)22-11-13-23(14-12-22)32-27-19-26(29(34(7)8)20-30(27)36)31-24-15-17-25(18-16-24)35(10-2)21(3)4/h11-21,28,32H,9-10H2,1-8H3. The van der Waals surface area contributed by atoms with Crippen molar-refractivity contribution in [3.63, 3.8) is 0 Å². The fourth-order valence-electron chi connectivity index (χ4n) is 4.65. The highest BCUT2D eigenvalue weighted by molar-refractivity contribution is 6.23. The van der Waals surface area contributed by atoms with Crippen LogP contribution in [0.2, 0.25) is 0 Å². The molecule has 0 fully saturated rings. The van der Waals surface area contributed by atoms with Crippen molar-refractivity contribution in [1.29, 1.82) is 0 Å². The second-order valence-electron chi connectivity index (χ2n) is 9.87. The molecule has 1 atom stereocenters. The van der Waals surface area contributed by atoms with Crippen LogP contribution in [0, 0.1) is 0 Å². The van der Waals surface area contributed by atoms with Gasteiger partial charge >= 0.3 is 0 Å². The first-order valence-electron chi connectivity index (χ1n) is 12.8. The molecule has 0 amide bonds. The SMILES string of the molecule is CCC(c1ccc(NC2=CC(=Nc3ccc(N(CC)C(C)C)cc3)C(N(C)C)=CC2=O)cc1)N(C)C. The van der Waals surface area contributed by atoms with E-state index in [0.717, 1.165) is 35.7 Å². The smallest absolute Gasteiger partial charge is 0.204 e. The maximum absolute atomic E-state index is 12.9. The summed E-state index contributed by atoms with van der Waals surface area (Å²) in [5, 5.41) is 3.31. The second kappa shape index (κ2) is 12.0. The van der Waals surface area contributed by atoms with Crippen molar-refractivity contribution in [3.8, 4) is 0 Å². The summed E-state index contributed by atoms with van der Waals surface area (Å²) in [7, 11) is 8.05. The summed E-state index contributed by atoms with van der Waals surface area (Å²) in [6.07, 6.45) is 4.54. The van der Waals surface area contributed by atoms with E-state index in [1.807, 2.05) is 49.3 Å². The molecule has 0 bridgehead atoms. The first-order chi connectivity index (χ1) is 17.1. The topological polar surface area (TPSA) is 51.2 Å². The third-order valence-electron chi connectivity index (χ3n) is 6.54. The number of allylic oxidation sites excluding steroid dienone is 2. The van der Waals surface area contributed by atoms with Gasteiger partial charge in [0.05, 0.1) is 22.8 Å². The van der Waals surface area contributed by atoms with E-state index >= 15 is 0 Å². The highest BCUT2D eigenvalue weighted by Gasteiger charge is 2.21. The van der Waals surface area contributed by atoms with Gasteiger partial charge in [-0.3, -0.25) is 4.79 Å². The van der Waals surface area contributed by atoms with Crippen molar-refractivity contribution in [2.24, 2.45) is 4.99 Å². The summed E-state index contributed by atoms with van der Waals surface area (Å²) in [5.41, 5.74) is 6.23. The lowest BCUT2D eigenvalue weighted by Crippen LogP contribution is -2.30. The number of rotatable bonds is 10. The first kappa shape index (κ1) is 27.2. The number of nitrogens with zero attached hydrogens (tertiary/aromatic N) is 4. The van der Waals surface area contributed by atoms with Crippen LogP contribution < -0.4 is 10.2 Å². The molecule has 2 aromatic carbocycles. The minimum absolute atomic E-state index is 0.0627. The van der Waals surface area contributed by atoms with E-state index in [1.165, 1.54) is 11.3 Å².